The molecule has 0 rings (SSSR count). The molecule has 6 heteroatoms. The van der Waals surface area contributed by atoms with Gasteiger partial charge in [-0.2, -0.15) is 0 Å². The summed E-state index contributed by atoms with van der Waals surface area (Å²) in [6, 6.07) is 0. The third kappa shape index (κ3) is 51.0. The summed E-state index contributed by atoms with van der Waals surface area (Å²) < 4.78 is 35.3. The molecule has 0 aliphatic heterocycles. The molecule has 0 bridgehead atoms. The number of hydrogen-bond acceptors (Lipinski definition) is 4. The Balaban J connectivity index is 0. The summed E-state index contributed by atoms with van der Waals surface area (Å²) in [6.45, 7) is 2.34. The van der Waals surface area contributed by atoms with Gasteiger partial charge in [0, 0.05) is 0 Å². The third-order valence-corrected chi connectivity index (χ3v) is 11.2. The standard InChI is InChI=1S/C44H90O4S.Na/c1-2-3-4-5-6-7-8-9-10-11-12-13-14-15-16-17-18-19-20-21-22-23-24-25-26-27-28-29-30-31-32-33-34-35-36-37-38-39-40-41-42-43-44-48-49(45,46)47;/h2-44H2,1H3,(H,45,46,47);/q;+1/p-1. The van der Waals surface area contributed by atoms with Crippen LogP contribution in [0.4, 0.5) is 0 Å². The molecule has 0 aliphatic carbocycles. The average molecular weight is 737 g/mol. The maximum absolute atomic E-state index is 10.4. The van der Waals surface area contributed by atoms with E-state index in [2.05, 4.69) is 11.1 Å². The van der Waals surface area contributed by atoms with Crippen molar-refractivity contribution in [3.63, 3.8) is 0 Å². The normalized spacial score (nSPS) is 11.7. The van der Waals surface area contributed by atoms with Crippen LogP contribution in [0.2, 0.25) is 0 Å². The van der Waals surface area contributed by atoms with Gasteiger partial charge >= 0.3 is 29.6 Å². The molecule has 0 radical (unpaired) electrons. The van der Waals surface area contributed by atoms with E-state index in [9.17, 15) is 13.0 Å². The molecule has 0 atom stereocenters. The van der Waals surface area contributed by atoms with E-state index >= 15 is 0 Å². The van der Waals surface area contributed by atoms with Gasteiger partial charge in [0.2, 0.25) is 10.4 Å². The molecule has 0 spiro atoms. The van der Waals surface area contributed by atoms with Gasteiger partial charge in [-0.15, -0.1) is 0 Å². The smallest absolute Gasteiger partial charge is 0.726 e. The quantitative estimate of drug-likeness (QED) is 0.0270. The molecule has 0 unspecified atom stereocenters. The van der Waals surface area contributed by atoms with Crippen LogP contribution in [-0.4, -0.2) is 19.6 Å². The van der Waals surface area contributed by atoms with Crippen molar-refractivity contribution in [2.75, 3.05) is 6.61 Å². The monoisotopic (exact) mass is 737 g/mol. The number of rotatable bonds is 44. The van der Waals surface area contributed by atoms with Crippen LogP contribution in [0.25, 0.3) is 0 Å². The first-order valence-electron chi connectivity index (χ1n) is 22.7. The molecule has 0 heterocycles. The maximum Gasteiger partial charge on any atom is 1.00 e. The van der Waals surface area contributed by atoms with Crippen molar-refractivity contribution in [3.05, 3.63) is 0 Å². The van der Waals surface area contributed by atoms with E-state index in [1.165, 1.54) is 250 Å². The summed E-state index contributed by atoms with van der Waals surface area (Å²) in [5, 5.41) is 0. The van der Waals surface area contributed by atoms with Gasteiger partial charge in [-0.3, -0.25) is 4.18 Å². The molecule has 0 N–H and O–H groups in total. The topological polar surface area (TPSA) is 66.4 Å². The van der Waals surface area contributed by atoms with E-state index in [1.54, 1.807) is 0 Å². The van der Waals surface area contributed by atoms with Gasteiger partial charge < -0.3 is 4.55 Å². The Bertz CT molecular complexity index is 702. The van der Waals surface area contributed by atoms with Crippen LogP contribution < -0.4 is 29.6 Å². The minimum absolute atomic E-state index is 0. The maximum atomic E-state index is 10.4. The fourth-order valence-corrected chi connectivity index (χ4v) is 7.73. The molecule has 0 fully saturated rings. The van der Waals surface area contributed by atoms with Crippen LogP contribution in [0, 0.1) is 0 Å². The van der Waals surface area contributed by atoms with Crippen LogP contribution in [-0.2, 0) is 14.6 Å². The van der Waals surface area contributed by atoms with Gasteiger partial charge in [-0.1, -0.05) is 270 Å². The van der Waals surface area contributed by atoms with E-state index in [4.69, 9.17) is 0 Å². The first-order chi connectivity index (χ1) is 24.1. The molecule has 50 heavy (non-hydrogen) atoms. The van der Waals surface area contributed by atoms with Crippen LogP contribution in [0.3, 0.4) is 0 Å². The summed E-state index contributed by atoms with van der Waals surface area (Å²) >= 11 is 0. The minimum Gasteiger partial charge on any atom is -0.726 e. The average Bonchev–Trinajstić information content (AvgIpc) is 3.08. The number of hydrogen-bond donors (Lipinski definition) is 0. The van der Waals surface area contributed by atoms with E-state index in [-0.39, 0.29) is 36.2 Å². The van der Waals surface area contributed by atoms with E-state index in [1.807, 2.05) is 0 Å². The summed E-state index contributed by atoms with van der Waals surface area (Å²) in [4.78, 5) is 0. The molecule has 0 aromatic rings. The van der Waals surface area contributed by atoms with Crippen molar-refractivity contribution in [2.45, 2.75) is 277 Å². The SMILES string of the molecule is CCCCCCCCCCCCCCCCCCCCCCCCCCCCCCCCCCCCCCCCCCCCOS(=O)(=O)[O-].[Na+]. The fourth-order valence-electron chi connectivity index (χ4n) is 7.41. The second-order valence-electron chi connectivity index (χ2n) is 15.7. The molecule has 4 nitrogen and oxygen atoms in total. The van der Waals surface area contributed by atoms with Crippen LogP contribution in [0.5, 0.6) is 0 Å². The Kier molecular flexibility index (Phi) is 48.8. The molecule has 0 aromatic carbocycles. The van der Waals surface area contributed by atoms with Crippen molar-refractivity contribution >= 4 is 10.4 Å². The Labute approximate surface area is 338 Å². The molecule has 0 saturated carbocycles. The second-order valence-corrected chi connectivity index (χ2v) is 16.8. The summed E-state index contributed by atoms with van der Waals surface area (Å²) in [5.74, 6) is 0. The Morgan fingerprint density at radius 1 is 0.300 bits per heavy atom. The molecule has 296 valence electrons. The molecule has 0 aromatic heterocycles. The Morgan fingerprint density at radius 2 is 0.440 bits per heavy atom. The predicted octanol–water partition coefficient (Wildman–Crippen LogP) is 12.9. The van der Waals surface area contributed by atoms with Crippen molar-refractivity contribution < 1.29 is 46.7 Å². The van der Waals surface area contributed by atoms with Gasteiger partial charge in [-0.05, 0) is 6.42 Å². The first kappa shape index (κ1) is 53.0. The van der Waals surface area contributed by atoms with Crippen LogP contribution in [0.15, 0.2) is 0 Å². The van der Waals surface area contributed by atoms with Crippen LogP contribution in [0.1, 0.15) is 277 Å². The number of unbranched alkanes of at least 4 members (excludes halogenated alkanes) is 41. The van der Waals surface area contributed by atoms with Crippen molar-refractivity contribution in [3.8, 4) is 0 Å². The third-order valence-electron chi connectivity index (χ3n) is 10.7. The fraction of sp³-hybridized carbons (Fsp3) is 1.00. The molecule has 0 aliphatic rings. The van der Waals surface area contributed by atoms with Gasteiger partial charge in [0.1, 0.15) is 0 Å². The van der Waals surface area contributed by atoms with Gasteiger partial charge in [0.15, 0.2) is 0 Å². The zero-order valence-corrected chi connectivity index (χ0v) is 37.3. The van der Waals surface area contributed by atoms with Crippen molar-refractivity contribution in [2.24, 2.45) is 0 Å². The Hall–Kier alpha value is 0.870. The zero-order chi connectivity index (χ0) is 35.6. The van der Waals surface area contributed by atoms with Gasteiger partial charge in [0.05, 0.1) is 6.61 Å². The minimum atomic E-state index is -4.51. The van der Waals surface area contributed by atoms with E-state index in [0.29, 0.717) is 6.42 Å². The predicted molar refractivity (Wildman–Crippen MR) is 215 cm³/mol. The van der Waals surface area contributed by atoms with E-state index in [0.717, 1.165) is 12.8 Å². The molecule has 0 amide bonds. The summed E-state index contributed by atoms with van der Waals surface area (Å²) in [5.41, 5.74) is 0. The van der Waals surface area contributed by atoms with E-state index < -0.39 is 10.4 Å². The largest absolute Gasteiger partial charge is 1.00 e. The first-order valence-corrected chi connectivity index (χ1v) is 24.0. The molecule has 0 saturated heterocycles. The summed E-state index contributed by atoms with van der Waals surface area (Å²) in [7, 11) is -4.51. The van der Waals surface area contributed by atoms with Crippen molar-refractivity contribution in [1.82, 2.24) is 0 Å². The Morgan fingerprint density at radius 3 is 0.580 bits per heavy atom. The van der Waals surface area contributed by atoms with Crippen molar-refractivity contribution in [1.29, 1.82) is 0 Å². The molecular formula is C44H89NaO4S. The van der Waals surface area contributed by atoms with Gasteiger partial charge in [0.25, 0.3) is 0 Å². The second kappa shape index (κ2) is 46.0. The zero-order valence-electron chi connectivity index (χ0n) is 34.4. The van der Waals surface area contributed by atoms with Crippen LogP contribution >= 0.6 is 0 Å². The molecular weight excluding hydrogens is 648 g/mol. The van der Waals surface area contributed by atoms with Gasteiger partial charge in [-0.25, -0.2) is 8.42 Å². The summed E-state index contributed by atoms with van der Waals surface area (Å²) in [6.07, 6.45) is 58.8.